The van der Waals surface area contributed by atoms with E-state index in [2.05, 4.69) is 26.8 Å². The van der Waals surface area contributed by atoms with Crippen LogP contribution in [0.5, 0.6) is 5.75 Å². The number of benzene rings is 1. The normalized spacial score (nSPS) is 16.1. The van der Waals surface area contributed by atoms with E-state index >= 15 is 0 Å². The summed E-state index contributed by atoms with van der Waals surface area (Å²) < 4.78 is 6.41. The molecule has 2 amide bonds. The largest absolute Gasteiger partial charge is 0.481 e. The predicted molar refractivity (Wildman–Crippen MR) is 87.1 cm³/mol. The van der Waals surface area contributed by atoms with Crippen molar-refractivity contribution in [3.05, 3.63) is 28.7 Å². The van der Waals surface area contributed by atoms with Crippen molar-refractivity contribution in [1.29, 1.82) is 0 Å². The molecular formula is C16H21BrN2O3. The average molecular weight is 369 g/mol. The second kappa shape index (κ2) is 8.17. The summed E-state index contributed by atoms with van der Waals surface area (Å²) in [5, 5.41) is 0. The number of halogens is 1. The molecule has 5 nitrogen and oxygen atoms in total. The van der Waals surface area contributed by atoms with Crippen LogP contribution in [0.1, 0.15) is 39.0 Å². The Morgan fingerprint density at radius 3 is 2.73 bits per heavy atom. The minimum absolute atomic E-state index is 0.144. The zero-order valence-corrected chi connectivity index (χ0v) is 14.2. The van der Waals surface area contributed by atoms with Crippen molar-refractivity contribution in [1.82, 2.24) is 10.9 Å². The summed E-state index contributed by atoms with van der Waals surface area (Å²) >= 11 is 3.34. The van der Waals surface area contributed by atoms with Gasteiger partial charge in [0.15, 0.2) is 6.10 Å². The molecule has 1 aliphatic rings. The minimum atomic E-state index is -0.693. The molecule has 120 valence electrons. The lowest BCUT2D eigenvalue weighted by molar-refractivity contribution is -0.133. The number of nitrogens with one attached hydrogen (secondary N) is 2. The van der Waals surface area contributed by atoms with Crippen molar-refractivity contribution in [3.63, 3.8) is 0 Å². The van der Waals surface area contributed by atoms with Crippen LogP contribution < -0.4 is 15.6 Å². The quantitative estimate of drug-likeness (QED) is 0.785. The van der Waals surface area contributed by atoms with Gasteiger partial charge in [0.25, 0.3) is 5.91 Å². The zero-order chi connectivity index (χ0) is 15.9. The van der Waals surface area contributed by atoms with Crippen molar-refractivity contribution in [3.8, 4) is 5.75 Å². The Bertz CT molecular complexity index is 530. The van der Waals surface area contributed by atoms with Crippen molar-refractivity contribution in [2.75, 3.05) is 0 Å². The molecule has 1 aromatic rings. The van der Waals surface area contributed by atoms with E-state index in [1.165, 1.54) is 12.8 Å². The van der Waals surface area contributed by atoms with E-state index in [1.54, 1.807) is 19.1 Å². The van der Waals surface area contributed by atoms with Gasteiger partial charge >= 0.3 is 0 Å². The molecule has 2 rings (SSSR count). The molecule has 1 saturated carbocycles. The van der Waals surface area contributed by atoms with Crippen molar-refractivity contribution < 1.29 is 14.3 Å². The van der Waals surface area contributed by atoms with Gasteiger partial charge in [-0.1, -0.05) is 34.8 Å². The van der Waals surface area contributed by atoms with Crippen LogP contribution in [0.3, 0.4) is 0 Å². The predicted octanol–water partition coefficient (Wildman–Crippen LogP) is 2.94. The first-order valence-corrected chi connectivity index (χ1v) is 8.35. The number of hydrazine groups is 1. The molecule has 6 heteroatoms. The summed E-state index contributed by atoms with van der Waals surface area (Å²) in [4.78, 5) is 23.7. The summed E-state index contributed by atoms with van der Waals surface area (Å²) in [6.07, 6.45) is 4.37. The highest BCUT2D eigenvalue weighted by Crippen LogP contribution is 2.27. The number of carbonyl (C=O) groups is 2. The van der Waals surface area contributed by atoms with Crippen LogP contribution in [-0.4, -0.2) is 17.9 Å². The van der Waals surface area contributed by atoms with Crippen molar-refractivity contribution in [2.45, 2.75) is 45.1 Å². The van der Waals surface area contributed by atoms with Crippen LogP contribution in [0.25, 0.3) is 0 Å². The number of hydrogen-bond donors (Lipinski definition) is 2. The smallest absolute Gasteiger partial charge is 0.279 e. The number of rotatable bonds is 5. The summed E-state index contributed by atoms with van der Waals surface area (Å²) in [7, 11) is 0. The third kappa shape index (κ3) is 5.33. The highest BCUT2D eigenvalue weighted by molar-refractivity contribution is 9.10. The van der Waals surface area contributed by atoms with Crippen molar-refractivity contribution in [2.24, 2.45) is 5.92 Å². The average Bonchev–Trinajstić information content (AvgIpc) is 2.97. The van der Waals surface area contributed by atoms with E-state index in [-0.39, 0.29) is 11.8 Å². The minimum Gasteiger partial charge on any atom is -0.481 e. The summed E-state index contributed by atoms with van der Waals surface area (Å²) in [5.74, 6) is 0.524. The molecule has 0 heterocycles. The second-order valence-electron chi connectivity index (χ2n) is 5.61. The maximum atomic E-state index is 11.9. The molecule has 1 fully saturated rings. The Morgan fingerprint density at radius 2 is 2.05 bits per heavy atom. The Labute approximate surface area is 138 Å². The Morgan fingerprint density at radius 1 is 1.32 bits per heavy atom. The van der Waals surface area contributed by atoms with Crippen LogP contribution in [-0.2, 0) is 9.59 Å². The Hall–Kier alpha value is -1.56. The van der Waals surface area contributed by atoms with E-state index in [4.69, 9.17) is 4.74 Å². The number of ether oxygens (including phenoxy) is 1. The van der Waals surface area contributed by atoms with Gasteiger partial charge in [-0.25, -0.2) is 0 Å². The molecule has 0 radical (unpaired) electrons. The summed E-state index contributed by atoms with van der Waals surface area (Å²) in [5.41, 5.74) is 4.88. The van der Waals surface area contributed by atoms with Crippen LogP contribution in [0, 0.1) is 5.92 Å². The fourth-order valence-corrected chi connectivity index (χ4v) is 2.94. The van der Waals surface area contributed by atoms with E-state index in [0.29, 0.717) is 18.1 Å². The second-order valence-corrected chi connectivity index (χ2v) is 6.53. The number of carbonyl (C=O) groups excluding carboxylic acids is 2. The fourth-order valence-electron chi connectivity index (χ4n) is 2.56. The van der Waals surface area contributed by atoms with E-state index in [9.17, 15) is 9.59 Å². The third-order valence-corrected chi connectivity index (χ3v) is 4.25. The van der Waals surface area contributed by atoms with Crippen molar-refractivity contribution >= 4 is 27.7 Å². The molecule has 0 bridgehead atoms. The maximum Gasteiger partial charge on any atom is 0.279 e. The Balaban J connectivity index is 1.72. The topological polar surface area (TPSA) is 67.4 Å². The fraction of sp³-hybridized carbons (Fsp3) is 0.500. The summed E-state index contributed by atoms with van der Waals surface area (Å²) in [6.45, 7) is 1.64. The molecule has 1 atom stereocenters. The molecule has 0 spiro atoms. The SMILES string of the molecule is C[C@@H](Oc1cccc(Br)c1)C(=O)NNC(=O)CC1CCCC1. The molecular weight excluding hydrogens is 348 g/mol. The van der Waals surface area contributed by atoms with E-state index in [0.717, 1.165) is 17.3 Å². The number of amides is 2. The Kier molecular flexibility index (Phi) is 6.24. The van der Waals surface area contributed by atoms with Gasteiger partial charge in [-0.05, 0) is 43.9 Å². The van der Waals surface area contributed by atoms with Gasteiger partial charge in [0, 0.05) is 10.9 Å². The summed E-state index contributed by atoms with van der Waals surface area (Å²) in [6, 6.07) is 7.25. The molecule has 0 aromatic heterocycles. The molecule has 22 heavy (non-hydrogen) atoms. The molecule has 0 unspecified atom stereocenters. The van der Waals surface area contributed by atoms with Gasteiger partial charge < -0.3 is 4.74 Å². The van der Waals surface area contributed by atoms with Gasteiger partial charge in [0.1, 0.15) is 5.75 Å². The van der Waals surface area contributed by atoms with E-state index < -0.39 is 6.10 Å². The van der Waals surface area contributed by atoms with Crippen LogP contribution >= 0.6 is 15.9 Å². The first kappa shape index (κ1) is 16.8. The highest BCUT2D eigenvalue weighted by Gasteiger charge is 2.20. The van der Waals surface area contributed by atoms with Crippen LogP contribution in [0.15, 0.2) is 28.7 Å². The first-order chi connectivity index (χ1) is 10.5. The lowest BCUT2D eigenvalue weighted by Gasteiger charge is -2.16. The maximum absolute atomic E-state index is 11.9. The third-order valence-electron chi connectivity index (χ3n) is 3.75. The lowest BCUT2D eigenvalue weighted by atomic mass is 10.0. The molecule has 1 aromatic carbocycles. The van der Waals surface area contributed by atoms with Crippen LogP contribution in [0.4, 0.5) is 0 Å². The molecule has 0 saturated heterocycles. The number of hydrogen-bond acceptors (Lipinski definition) is 3. The van der Waals surface area contributed by atoms with Crippen LogP contribution in [0.2, 0.25) is 0 Å². The molecule has 1 aliphatic carbocycles. The zero-order valence-electron chi connectivity index (χ0n) is 12.6. The monoisotopic (exact) mass is 368 g/mol. The van der Waals surface area contributed by atoms with Gasteiger partial charge in [-0.3, -0.25) is 20.4 Å². The highest BCUT2D eigenvalue weighted by atomic mass is 79.9. The van der Waals surface area contributed by atoms with E-state index in [1.807, 2.05) is 12.1 Å². The molecule has 2 N–H and O–H groups in total. The van der Waals surface area contributed by atoms with Gasteiger partial charge in [-0.15, -0.1) is 0 Å². The van der Waals surface area contributed by atoms with Gasteiger partial charge in [-0.2, -0.15) is 0 Å². The lowest BCUT2D eigenvalue weighted by Crippen LogP contribution is -2.47. The standard InChI is InChI=1S/C16H21BrN2O3/c1-11(22-14-8-4-7-13(17)10-14)16(21)19-18-15(20)9-12-5-2-3-6-12/h4,7-8,10-12H,2-3,5-6,9H2,1H3,(H,18,20)(H,19,21)/t11-/m1/s1. The van der Waals surface area contributed by atoms with Gasteiger partial charge in [0.2, 0.25) is 5.91 Å². The first-order valence-electron chi connectivity index (χ1n) is 7.55. The molecule has 0 aliphatic heterocycles. The van der Waals surface area contributed by atoms with Gasteiger partial charge in [0.05, 0.1) is 0 Å².